The molecule has 2 aliphatic heterocycles. The van der Waals surface area contributed by atoms with Crippen LogP contribution in [-0.2, 0) is 14.3 Å². The molecule has 2 fully saturated rings. The van der Waals surface area contributed by atoms with E-state index in [2.05, 4.69) is 5.32 Å². The normalized spacial score (nSPS) is 34.7. The van der Waals surface area contributed by atoms with Gasteiger partial charge in [-0.05, 0) is 6.54 Å². The van der Waals surface area contributed by atoms with Gasteiger partial charge in [-0.15, -0.1) is 0 Å². The van der Waals surface area contributed by atoms with Crippen LogP contribution in [0.4, 0.5) is 0 Å². The molecule has 0 spiro atoms. The third-order valence-corrected chi connectivity index (χ3v) is 3.71. The zero-order valence-electron chi connectivity index (χ0n) is 10.9. The number of likely N-dealkylation sites (N-methyl/N-ethyl adjacent to an activating group) is 1. The molecule has 1 amide bonds. The summed E-state index contributed by atoms with van der Waals surface area (Å²) in [6.45, 7) is 3.52. The van der Waals surface area contributed by atoms with Crippen LogP contribution in [0.2, 0.25) is 0 Å². The molecule has 0 aromatic rings. The summed E-state index contributed by atoms with van der Waals surface area (Å²) in [6, 6.07) is -1.00. The van der Waals surface area contributed by atoms with Gasteiger partial charge in [-0.25, -0.2) is 4.79 Å². The van der Waals surface area contributed by atoms with E-state index < -0.39 is 18.1 Å². The maximum Gasteiger partial charge on any atom is 0.326 e. The highest BCUT2D eigenvalue weighted by Gasteiger charge is 2.44. The highest BCUT2D eigenvalue weighted by atomic mass is 16.5. The van der Waals surface area contributed by atoms with Crippen molar-refractivity contribution in [1.82, 2.24) is 10.2 Å². The fraction of sp³-hybridized carbons (Fsp3) is 0.833. The molecule has 2 saturated heterocycles. The number of carboxylic acid groups (broad SMARTS) is 1. The molecule has 0 bridgehead atoms. The third kappa shape index (κ3) is 2.88. The van der Waals surface area contributed by atoms with Crippen molar-refractivity contribution in [2.24, 2.45) is 5.92 Å². The molecule has 108 valence electrons. The lowest BCUT2D eigenvalue weighted by atomic mass is 10.0. The van der Waals surface area contributed by atoms with Gasteiger partial charge in [0.05, 0.1) is 25.2 Å². The fourth-order valence-electron chi connectivity index (χ4n) is 2.77. The molecule has 19 heavy (non-hydrogen) atoms. The molecule has 0 aliphatic carbocycles. The lowest BCUT2D eigenvalue weighted by Gasteiger charge is -2.26. The van der Waals surface area contributed by atoms with Gasteiger partial charge in [0, 0.05) is 19.0 Å². The number of nitrogens with one attached hydrogen (secondary N) is 1. The van der Waals surface area contributed by atoms with Gasteiger partial charge in [0.15, 0.2) is 0 Å². The average molecular weight is 272 g/mol. The third-order valence-electron chi connectivity index (χ3n) is 3.71. The number of carbonyl (C=O) groups is 2. The second-order valence-corrected chi connectivity index (χ2v) is 5.04. The van der Waals surface area contributed by atoms with Gasteiger partial charge in [0.25, 0.3) is 0 Å². The first-order valence-electron chi connectivity index (χ1n) is 6.57. The minimum atomic E-state index is -1.07. The van der Waals surface area contributed by atoms with Crippen molar-refractivity contribution in [2.45, 2.75) is 31.5 Å². The molecule has 2 aliphatic rings. The molecule has 7 nitrogen and oxygen atoms in total. The summed E-state index contributed by atoms with van der Waals surface area (Å²) in [7, 11) is 0. The van der Waals surface area contributed by atoms with E-state index >= 15 is 0 Å². The molecule has 0 aromatic heterocycles. The zero-order valence-corrected chi connectivity index (χ0v) is 10.9. The van der Waals surface area contributed by atoms with Crippen LogP contribution < -0.4 is 5.32 Å². The Kier molecular flexibility index (Phi) is 4.38. The van der Waals surface area contributed by atoms with Crippen molar-refractivity contribution in [2.75, 3.05) is 26.3 Å². The second-order valence-electron chi connectivity index (χ2n) is 5.04. The number of amides is 1. The van der Waals surface area contributed by atoms with Crippen LogP contribution in [0.5, 0.6) is 0 Å². The number of nitrogens with zero attached hydrogens (tertiary/aromatic N) is 1. The van der Waals surface area contributed by atoms with Crippen LogP contribution in [-0.4, -0.2) is 71.5 Å². The SMILES string of the molecule is CCNC1COCC1C(=O)N1CC(O)CC1C(=O)O. The Morgan fingerprint density at radius 1 is 1.42 bits per heavy atom. The first-order valence-corrected chi connectivity index (χ1v) is 6.57. The van der Waals surface area contributed by atoms with Crippen LogP contribution in [0.1, 0.15) is 13.3 Å². The van der Waals surface area contributed by atoms with Crippen LogP contribution in [0.25, 0.3) is 0 Å². The van der Waals surface area contributed by atoms with Gasteiger partial charge in [0.1, 0.15) is 6.04 Å². The summed E-state index contributed by atoms with van der Waals surface area (Å²) in [5.74, 6) is -1.68. The fourth-order valence-corrected chi connectivity index (χ4v) is 2.77. The first kappa shape index (κ1) is 14.2. The summed E-state index contributed by atoms with van der Waals surface area (Å²) < 4.78 is 5.31. The largest absolute Gasteiger partial charge is 0.480 e. The van der Waals surface area contributed by atoms with Crippen molar-refractivity contribution >= 4 is 11.9 Å². The number of likely N-dealkylation sites (tertiary alicyclic amines) is 1. The summed E-state index contributed by atoms with van der Waals surface area (Å²) in [5, 5.41) is 21.9. The molecule has 4 atom stereocenters. The van der Waals surface area contributed by atoms with E-state index in [0.29, 0.717) is 13.2 Å². The van der Waals surface area contributed by atoms with Crippen LogP contribution in [0.15, 0.2) is 0 Å². The summed E-state index contributed by atoms with van der Waals surface area (Å²) in [4.78, 5) is 24.8. The van der Waals surface area contributed by atoms with Gasteiger partial charge in [-0.3, -0.25) is 4.79 Å². The molecule has 2 rings (SSSR count). The molecule has 7 heteroatoms. The lowest BCUT2D eigenvalue weighted by Crippen LogP contribution is -2.49. The molecular weight excluding hydrogens is 252 g/mol. The monoisotopic (exact) mass is 272 g/mol. The first-order chi connectivity index (χ1) is 9.04. The molecule has 4 unspecified atom stereocenters. The number of ether oxygens (including phenoxy) is 1. The van der Waals surface area contributed by atoms with Crippen molar-refractivity contribution in [3.63, 3.8) is 0 Å². The lowest BCUT2D eigenvalue weighted by molar-refractivity contribution is -0.150. The molecular formula is C12H20N2O5. The van der Waals surface area contributed by atoms with E-state index in [0.717, 1.165) is 6.54 Å². The Labute approximate surface area is 111 Å². The van der Waals surface area contributed by atoms with Crippen molar-refractivity contribution in [3.8, 4) is 0 Å². The topological polar surface area (TPSA) is 99.1 Å². The Bertz CT molecular complexity index is 362. The predicted molar refractivity (Wildman–Crippen MR) is 65.5 cm³/mol. The molecule has 0 aromatic carbocycles. The van der Waals surface area contributed by atoms with Crippen LogP contribution in [0, 0.1) is 5.92 Å². The van der Waals surface area contributed by atoms with E-state index in [1.54, 1.807) is 0 Å². The summed E-state index contributed by atoms with van der Waals surface area (Å²) >= 11 is 0. The number of β-amino-alcohol motifs (C(OH)–C–C–N with tert-alkyl or cyclic N) is 1. The maximum atomic E-state index is 12.4. The molecule has 3 N–H and O–H groups in total. The van der Waals surface area contributed by atoms with Gasteiger partial charge in [0.2, 0.25) is 5.91 Å². The quantitative estimate of drug-likeness (QED) is 0.585. The number of aliphatic hydroxyl groups excluding tert-OH is 1. The van der Waals surface area contributed by atoms with Crippen LogP contribution >= 0.6 is 0 Å². The number of carboxylic acids is 1. The maximum absolute atomic E-state index is 12.4. The van der Waals surface area contributed by atoms with E-state index in [4.69, 9.17) is 9.84 Å². The highest BCUT2D eigenvalue weighted by Crippen LogP contribution is 2.24. The number of rotatable bonds is 4. The van der Waals surface area contributed by atoms with E-state index in [-0.39, 0.29) is 30.8 Å². The average Bonchev–Trinajstić information content (AvgIpc) is 2.95. The van der Waals surface area contributed by atoms with E-state index in [9.17, 15) is 14.7 Å². The number of aliphatic hydroxyl groups is 1. The predicted octanol–water partition coefficient (Wildman–Crippen LogP) is -1.34. The van der Waals surface area contributed by atoms with E-state index in [1.807, 2.05) is 6.92 Å². The van der Waals surface area contributed by atoms with Gasteiger partial charge in [-0.1, -0.05) is 6.92 Å². The number of aliphatic carboxylic acids is 1. The van der Waals surface area contributed by atoms with Crippen molar-refractivity contribution in [1.29, 1.82) is 0 Å². The Morgan fingerprint density at radius 2 is 2.16 bits per heavy atom. The Hall–Kier alpha value is -1.18. The molecule has 0 radical (unpaired) electrons. The van der Waals surface area contributed by atoms with E-state index in [1.165, 1.54) is 4.90 Å². The second kappa shape index (κ2) is 5.85. The summed E-state index contributed by atoms with van der Waals surface area (Å²) in [5.41, 5.74) is 0. The van der Waals surface area contributed by atoms with Crippen LogP contribution in [0.3, 0.4) is 0 Å². The Morgan fingerprint density at radius 3 is 2.79 bits per heavy atom. The number of carbonyl (C=O) groups excluding carboxylic acids is 1. The van der Waals surface area contributed by atoms with Crippen molar-refractivity contribution < 1.29 is 24.5 Å². The van der Waals surface area contributed by atoms with Gasteiger partial charge < -0.3 is 25.2 Å². The van der Waals surface area contributed by atoms with Gasteiger partial charge in [-0.2, -0.15) is 0 Å². The number of hydrogen-bond donors (Lipinski definition) is 3. The molecule has 0 saturated carbocycles. The smallest absolute Gasteiger partial charge is 0.326 e. The standard InChI is InChI=1S/C12H20N2O5/c1-2-13-9-6-19-5-8(9)11(16)14-4-7(15)3-10(14)12(17)18/h7-10,13,15H,2-6H2,1H3,(H,17,18). The molecule has 2 heterocycles. The zero-order chi connectivity index (χ0) is 14.0. The number of hydrogen-bond acceptors (Lipinski definition) is 5. The van der Waals surface area contributed by atoms with Crippen molar-refractivity contribution in [3.05, 3.63) is 0 Å². The Balaban J connectivity index is 2.07. The highest BCUT2D eigenvalue weighted by molar-refractivity contribution is 5.86. The summed E-state index contributed by atoms with van der Waals surface area (Å²) in [6.07, 6.45) is -0.662. The minimum absolute atomic E-state index is 0.0790. The minimum Gasteiger partial charge on any atom is -0.480 e. The van der Waals surface area contributed by atoms with Gasteiger partial charge >= 0.3 is 5.97 Å².